The highest BCUT2D eigenvalue weighted by atomic mass is 16.3. The smallest absolute Gasteiger partial charge is 0.333 e. The van der Waals surface area contributed by atoms with Gasteiger partial charge in [-0.3, -0.25) is 18.7 Å². The van der Waals surface area contributed by atoms with Gasteiger partial charge in [-0.1, -0.05) is 78.1 Å². The molecule has 0 atom stereocenters. The van der Waals surface area contributed by atoms with Gasteiger partial charge in [-0.15, -0.1) is 0 Å². The summed E-state index contributed by atoms with van der Waals surface area (Å²) >= 11 is 0. The maximum absolute atomic E-state index is 12.7. The van der Waals surface area contributed by atoms with Crippen LogP contribution in [-0.2, 0) is 13.1 Å². The van der Waals surface area contributed by atoms with Crippen LogP contribution in [0.2, 0.25) is 0 Å². The van der Waals surface area contributed by atoms with Gasteiger partial charge in [0.1, 0.15) is 5.56 Å². The van der Waals surface area contributed by atoms with Crippen LogP contribution in [0.15, 0.2) is 9.59 Å². The zero-order valence-corrected chi connectivity index (χ0v) is 17.0. The van der Waals surface area contributed by atoms with E-state index in [2.05, 4.69) is 13.8 Å². The Hall–Kier alpha value is -1.85. The fourth-order valence-corrected chi connectivity index (χ4v) is 3.31. The van der Waals surface area contributed by atoms with Gasteiger partial charge in [0.2, 0.25) is 5.88 Å². The van der Waals surface area contributed by atoms with E-state index in [1.165, 1.54) is 30.3 Å². The third-order valence-corrected chi connectivity index (χ3v) is 5.02. The molecule has 0 unspecified atom stereocenters. The number of rotatable bonds is 15. The molecule has 0 bridgehead atoms. The number of aldehydes is 1. The summed E-state index contributed by atoms with van der Waals surface area (Å²) in [6, 6.07) is 0. The topological polar surface area (TPSA) is 81.3 Å². The van der Waals surface area contributed by atoms with E-state index in [1.54, 1.807) is 0 Å². The van der Waals surface area contributed by atoms with Crippen LogP contribution in [0.5, 0.6) is 5.88 Å². The third-order valence-electron chi connectivity index (χ3n) is 5.02. The van der Waals surface area contributed by atoms with E-state index in [1.807, 2.05) is 0 Å². The molecule has 1 heterocycles. The zero-order valence-electron chi connectivity index (χ0n) is 17.0. The molecule has 0 saturated heterocycles. The first kappa shape index (κ1) is 23.2. The molecule has 0 aliphatic carbocycles. The Morgan fingerprint density at radius 1 is 0.741 bits per heavy atom. The van der Waals surface area contributed by atoms with E-state index in [9.17, 15) is 19.5 Å². The lowest BCUT2D eigenvalue weighted by molar-refractivity contribution is 0.111. The van der Waals surface area contributed by atoms with Crippen LogP contribution < -0.4 is 11.2 Å². The van der Waals surface area contributed by atoms with Crippen LogP contribution in [-0.4, -0.2) is 20.5 Å². The summed E-state index contributed by atoms with van der Waals surface area (Å²) in [5.41, 5.74) is -1.50. The van der Waals surface area contributed by atoms with Crippen molar-refractivity contribution >= 4 is 6.29 Å². The molecule has 1 N–H and O–H groups in total. The van der Waals surface area contributed by atoms with Crippen molar-refractivity contribution in [1.29, 1.82) is 0 Å². The van der Waals surface area contributed by atoms with Gasteiger partial charge < -0.3 is 5.11 Å². The number of nitrogens with zero attached hydrogens (tertiary/aromatic N) is 2. The number of carbonyl (C=O) groups is 1. The van der Waals surface area contributed by atoms with Crippen LogP contribution in [0.25, 0.3) is 0 Å². The van der Waals surface area contributed by atoms with Gasteiger partial charge in [0.15, 0.2) is 6.29 Å². The first-order chi connectivity index (χ1) is 13.1. The molecule has 0 fully saturated rings. The van der Waals surface area contributed by atoms with Crippen LogP contribution >= 0.6 is 0 Å². The molecule has 0 aromatic carbocycles. The molecule has 0 spiro atoms. The zero-order chi connectivity index (χ0) is 20.1. The molecular weight excluding hydrogens is 344 g/mol. The number of aromatic hydroxyl groups is 1. The molecule has 154 valence electrons. The van der Waals surface area contributed by atoms with E-state index < -0.39 is 17.1 Å². The molecule has 0 radical (unpaired) electrons. The van der Waals surface area contributed by atoms with Gasteiger partial charge in [-0.05, 0) is 12.8 Å². The summed E-state index contributed by atoms with van der Waals surface area (Å²) in [6.45, 7) is 4.94. The SMILES string of the molecule is CCCCCCCCn1c(O)c(C=O)c(=O)n(CCCCCCCC)c1=O. The molecule has 0 amide bonds. The van der Waals surface area contributed by atoms with Gasteiger partial charge >= 0.3 is 5.69 Å². The standard InChI is InChI=1S/C21H36N2O4/c1-3-5-7-9-11-13-15-22-19(25)18(17-24)20(26)23(21(22)27)16-14-12-10-8-6-4-2/h17,25H,3-16H2,1-2H3. The quantitative estimate of drug-likeness (QED) is 0.364. The van der Waals surface area contributed by atoms with Crippen molar-refractivity contribution < 1.29 is 9.90 Å². The third kappa shape index (κ3) is 7.35. The second-order valence-electron chi connectivity index (χ2n) is 7.28. The van der Waals surface area contributed by atoms with E-state index in [4.69, 9.17) is 0 Å². The van der Waals surface area contributed by atoms with Crippen molar-refractivity contribution in [1.82, 2.24) is 9.13 Å². The highest BCUT2D eigenvalue weighted by Gasteiger charge is 2.17. The largest absolute Gasteiger partial charge is 0.494 e. The maximum atomic E-state index is 12.7. The highest BCUT2D eigenvalue weighted by Crippen LogP contribution is 2.12. The van der Waals surface area contributed by atoms with Crippen molar-refractivity contribution in [2.24, 2.45) is 0 Å². The Kier molecular flexibility index (Phi) is 11.5. The maximum Gasteiger partial charge on any atom is 0.333 e. The summed E-state index contributed by atoms with van der Waals surface area (Å²) in [7, 11) is 0. The fourth-order valence-electron chi connectivity index (χ4n) is 3.31. The Bertz CT molecular complexity index is 676. The van der Waals surface area contributed by atoms with Crippen molar-refractivity contribution in [3.05, 3.63) is 26.4 Å². The van der Waals surface area contributed by atoms with Gasteiger partial charge in [0.05, 0.1) is 0 Å². The van der Waals surface area contributed by atoms with Crippen LogP contribution in [0.1, 0.15) is 101 Å². The number of aromatic nitrogens is 2. The Morgan fingerprint density at radius 2 is 1.19 bits per heavy atom. The van der Waals surface area contributed by atoms with Crippen LogP contribution in [0.4, 0.5) is 0 Å². The molecule has 0 aliphatic heterocycles. The second kappa shape index (κ2) is 13.3. The number of unbranched alkanes of at least 4 members (excludes halogenated alkanes) is 10. The summed E-state index contributed by atoms with van der Waals surface area (Å²) < 4.78 is 2.29. The van der Waals surface area contributed by atoms with Gasteiger partial charge in [-0.25, -0.2) is 4.79 Å². The lowest BCUT2D eigenvalue weighted by Gasteiger charge is -2.14. The Morgan fingerprint density at radius 3 is 1.67 bits per heavy atom. The lowest BCUT2D eigenvalue weighted by Crippen LogP contribution is -2.41. The van der Waals surface area contributed by atoms with E-state index in [0.717, 1.165) is 55.9 Å². The minimum atomic E-state index is -0.680. The van der Waals surface area contributed by atoms with E-state index in [-0.39, 0.29) is 5.56 Å². The number of carbonyl (C=O) groups excluding carboxylic acids is 1. The van der Waals surface area contributed by atoms with Gasteiger partial charge in [-0.2, -0.15) is 0 Å². The van der Waals surface area contributed by atoms with Crippen molar-refractivity contribution in [3.63, 3.8) is 0 Å². The summed E-state index contributed by atoms with van der Waals surface area (Å²) in [4.78, 5) is 36.3. The molecule has 27 heavy (non-hydrogen) atoms. The molecule has 1 aromatic rings. The Labute approximate surface area is 162 Å². The number of hydrogen-bond acceptors (Lipinski definition) is 4. The molecule has 1 rings (SSSR count). The van der Waals surface area contributed by atoms with E-state index in [0.29, 0.717) is 19.4 Å². The normalized spacial score (nSPS) is 11.0. The molecule has 6 nitrogen and oxygen atoms in total. The number of hydrogen-bond donors (Lipinski definition) is 1. The fraction of sp³-hybridized carbons (Fsp3) is 0.762. The molecule has 0 saturated carbocycles. The first-order valence-electron chi connectivity index (χ1n) is 10.6. The average molecular weight is 381 g/mol. The summed E-state index contributed by atoms with van der Waals surface area (Å²) in [6.07, 6.45) is 12.9. The van der Waals surface area contributed by atoms with Crippen LogP contribution in [0, 0.1) is 0 Å². The summed E-state index contributed by atoms with van der Waals surface area (Å²) in [5, 5.41) is 10.2. The van der Waals surface area contributed by atoms with Crippen molar-refractivity contribution in [2.45, 2.75) is 104 Å². The predicted molar refractivity (Wildman–Crippen MR) is 109 cm³/mol. The molecular formula is C21H36N2O4. The highest BCUT2D eigenvalue weighted by molar-refractivity contribution is 5.77. The minimum Gasteiger partial charge on any atom is -0.494 e. The Balaban J connectivity index is 2.80. The second-order valence-corrected chi connectivity index (χ2v) is 7.28. The van der Waals surface area contributed by atoms with Gasteiger partial charge in [0, 0.05) is 13.1 Å². The average Bonchev–Trinajstić information content (AvgIpc) is 2.66. The van der Waals surface area contributed by atoms with Gasteiger partial charge in [0.25, 0.3) is 5.56 Å². The van der Waals surface area contributed by atoms with Crippen molar-refractivity contribution in [3.8, 4) is 5.88 Å². The van der Waals surface area contributed by atoms with Crippen molar-refractivity contribution in [2.75, 3.05) is 0 Å². The summed E-state index contributed by atoms with van der Waals surface area (Å²) in [5.74, 6) is -0.493. The minimum absolute atomic E-state index is 0.293. The molecule has 1 aromatic heterocycles. The first-order valence-corrected chi connectivity index (χ1v) is 10.6. The lowest BCUT2D eigenvalue weighted by atomic mass is 10.1. The molecule has 0 aliphatic rings. The van der Waals surface area contributed by atoms with Crippen LogP contribution in [0.3, 0.4) is 0 Å². The predicted octanol–water partition coefficient (Wildman–Crippen LogP) is 4.25. The monoisotopic (exact) mass is 380 g/mol. The molecule has 6 heteroatoms. The van der Waals surface area contributed by atoms with E-state index >= 15 is 0 Å².